The number of aryl methyl sites for hydroxylation is 1. The first kappa shape index (κ1) is 13.6. The molecule has 1 N–H and O–H groups in total. The molecule has 0 aliphatic carbocycles. The summed E-state index contributed by atoms with van der Waals surface area (Å²) in [5, 5.41) is 2.84. The molecule has 1 saturated heterocycles. The first-order valence-corrected chi connectivity index (χ1v) is 6.73. The predicted octanol–water partition coefficient (Wildman–Crippen LogP) is 2.86. The number of carbonyl (C=O) groups excluding carboxylic acids is 2. The number of nitrogens with one attached hydrogen (secondary N) is 1. The zero-order valence-corrected chi connectivity index (χ0v) is 11.7. The van der Waals surface area contributed by atoms with Crippen LogP contribution in [0.25, 0.3) is 0 Å². The molecule has 0 saturated carbocycles. The van der Waals surface area contributed by atoms with Gasteiger partial charge < -0.3 is 5.32 Å². The summed E-state index contributed by atoms with van der Waals surface area (Å²) in [6.45, 7) is 6.36. The molecular formula is C15H20N2O2. The van der Waals surface area contributed by atoms with Crippen molar-refractivity contribution in [1.29, 1.82) is 0 Å². The fourth-order valence-electron chi connectivity index (χ4n) is 2.53. The third-order valence-corrected chi connectivity index (χ3v) is 4.05. The summed E-state index contributed by atoms with van der Waals surface area (Å²) in [7, 11) is 0. The highest BCUT2D eigenvalue weighted by molar-refractivity contribution is 6.18. The lowest BCUT2D eigenvalue weighted by molar-refractivity contribution is -0.128. The van der Waals surface area contributed by atoms with Gasteiger partial charge in [0.25, 0.3) is 0 Å². The van der Waals surface area contributed by atoms with Crippen molar-refractivity contribution in [3.63, 3.8) is 0 Å². The van der Waals surface area contributed by atoms with Crippen molar-refractivity contribution >= 4 is 17.6 Å². The Kier molecular flexibility index (Phi) is 3.60. The van der Waals surface area contributed by atoms with Crippen LogP contribution in [-0.4, -0.2) is 18.5 Å². The van der Waals surface area contributed by atoms with Crippen molar-refractivity contribution in [3.05, 3.63) is 29.8 Å². The van der Waals surface area contributed by atoms with E-state index in [4.69, 9.17) is 0 Å². The van der Waals surface area contributed by atoms with Crippen LogP contribution < -0.4 is 10.2 Å². The number of anilines is 1. The normalized spacial score (nSPS) is 18.4. The maximum Gasteiger partial charge on any atom is 0.328 e. The molecule has 1 aromatic rings. The lowest BCUT2D eigenvalue weighted by Gasteiger charge is -2.40. The minimum absolute atomic E-state index is 0.0909. The van der Waals surface area contributed by atoms with Crippen LogP contribution in [-0.2, 0) is 4.79 Å². The highest BCUT2D eigenvalue weighted by Gasteiger charge is 2.45. The molecule has 0 bridgehead atoms. The van der Waals surface area contributed by atoms with Crippen LogP contribution in [0.2, 0.25) is 0 Å². The van der Waals surface area contributed by atoms with Gasteiger partial charge in [-0.05, 0) is 37.5 Å². The number of benzene rings is 1. The van der Waals surface area contributed by atoms with Gasteiger partial charge in [-0.3, -0.25) is 4.79 Å². The number of nitrogens with zero attached hydrogens (tertiary/aromatic N) is 1. The predicted molar refractivity (Wildman–Crippen MR) is 75.1 cm³/mol. The van der Waals surface area contributed by atoms with Gasteiger partial charge in [0.1, 0.15) is 0 Å². The molecule has 0 atom stereocenters. The Morgan fingerprint density at radius 2 is 1.95 bits per heavy atom. The average Bonchev–Trinajstić information content (AvgIpc) is 2.40. The number of imide groups is 1. The second-order valence-corrected chi connectivity index (χ2v) is 5.13. The second-order valence-electron chi connectivity index (χ2n) is 5.13. The molecule has 3 amide bonds. The van der Waals surface area contributed by atoms with Crippen molar-refractivity contribution in [3.8, 4) is 0 Å². The van der Waals surface area contributed by atoms with Crippen LogP contribution in [0.4, 0.5) is 10.5 Å². The Morgan fingerprint density at radius 1 is 1.26 bits per heavy atom. The zero-order chi connectivity index (χ0) is 14.0. The Morgan fingerprint density at radius 3 is 2.53 bits per heavy atom. The van der Waals surface area contributed by atoms with Crippen LogP contribution in [0.5, 0.6) is 0 Å². The average molecular weight is 260 g/mol. The van der Waals surface area contributed by atoms with Gasteiger partial charge in [-0.1, -0.05) is 26.0 Å². The van der Waals surface area contributed by atoms with Gasteiger partial charge in [-0.15, -0.1) is 0 Å². The second kappa shape index (κ2) is 5.03. The molecule has 1 fully saturated rings. The largest absolute Gasteiger partial charge is 0.336 e. The number of hydrogen-bond acceptors (Lipinski definition) is 2. The Bertz CT molecular complexity index is 507. The molecule has 1 aliphatic heterocycles. The van der Waals surface area contributed by atoms with Crippen molar-refractivity contribution in [2.24, 2.45) is 5.41 Å². The van der Waals surface area contributed by atoms with Gasteiger partial charge in [-0.2, -0.15) is 0 Å². The van der Waals surface area contributed by atoms with Gasteiger partial charge in [0.05, 0.1) is 11.1 Å². The Labute approximate surface area is 113 Å². The molecule has 0 radical (unpaired) electrons. The van der Waals surface area contributed by atoms with E-state index in [1.54, 1.807) is 6.07 Å². The quantitative estimate of drug-likeness (QED) is 0.908. The molecule has 2 rings (SSSR count). The molecule has 1 heterocycles. The lowest BCUT2D eigenvalue weighted by Crippen LogP contribution is -2.60. The van der Waals surface area contributed by atoms with Crippen molar-refractivity contribution < 1.29 is 9.59 Å². The van der Waals surface area contributed by atoms with Crippen molar-refractivity contribution in [2.45, 2.75) is 33.6 Å². The SMILES string of the molecule is CCC1(CC)CNC(=O)N(c2cccc(C)c2)C1=O. The molecule has 0 spiro atoms. The monoisotopic (exact) mass is 260 g/mol. The van der Waals surface area contributed by atoms with E-state index in [9.17, 15) is 9.59 Å². The van der Waals surface area contributed by atoms with Gasteiger partial charge >= 0.3 is 6.03 Å². The summed E-state index contributed by atoms with van der Waals surface area (Å²) in [5.41, 5.74) is 1.20. The fraction of sp³-hybridized carbons (Fsp3) is 0.467. The third kappa shape index (κ3) is 2.23. The van der Waals surface area contributed by atoms with Crippen LogP contribution in [0.3, 0.4) is 0 Å². The standard InChI is InChI=1S/C15H20N2O2/c1-4-15(5-2)10-16-14(19)17(13(15)18)12-8-6-7-11(3)9-12/h6-9H,4-5,10H2,1-3H3,(H,16,19). The minimum atomic E-state index is -0.475. The van der Waals surface area contributed by atoms with E-state index in [0.29, 0.717) is 12.2 Å². The topological polar surface area (TPSA) is 49.4 Å². The first-order chi connectivity index (χ1) is 9.04. The van der Waals surface area contributed by atoms with Crippen LogP contribution >= 0.6 is 0 Å². The summed E-state index contributed by atoms with van der Waals surface area (Å²) in [6.07, 6.45) is 1.45. The van der Waals surface area contributed by atoms with Gasteiger partial charge in [-0.25, -0.2) is 9.69 Å². The Balaban J connectivity index is 2.42. The van der Waals surface area contributed by atoms with E-state index in [-0.39, 0.29) is 11.9 Å². The number of hydrogen-bond donors (Lipinski definition) is 1. The molecule has 102 valence electrons. The van der Waals surface area contributed by atoms with E-state index >= 15 is 0 Å². The molecule has 0 unspecified atom stereocenters. The molecule has 4 nitrogen and oxygen atoms in total. The zero-order valence-electron chi connectivity index (χ0n) is 11.7. The Hall–Kier alpha value is -1.84. The van der Waals surface area contributed by atoms with E-state index < -0.39 is 5.41 Å². The summed E-state index contributed by atoms with van der Waals surface area (Å²) in [4.78, 5) is 26.0. The smallest absolute Gasteiger partial charge is 0.328 e. The van der Waals surface area contributed by atoms with Crippen molar-refractivity contribution in [2.75, 3.05) is 11.4 Å². The highest BCUT2D eigenvalue weighted by atomic mass is 16.2. The number of rotatable bonds is 3. The summed E-state index contributed by atoms with van der Waals surface area (Å²) >= 11 is 0. The fourth-order valence-corrected chi connectivity index (χ4v) is 2.53. The number of amides is 3. The van der Waals surface area contributed by atoms with Crippen LogP contribution in [0.1, 0.15) is 32.3 Å². The summed E-state index contributed by atoms with van der Waals surface area (Å²) < 4.78 is 0. The third-order valence-electron chi connectivity index (χ3n) is 4.05. The molecule has 0 aromatic heterocycles. The molecule has 4 heteroatoms. The van der Waals surface area contributed by atoms with E-state index in [2.05, 4.69) is 5.32 Å². The highest BCUT2D eigenvalue weighted by Crippen LogP contribution is 2.33. The molecular weight excluding hydrogens is 240 g/mol. The summed E-state index contributed by atoms with van der Waals surface area (Å²) in [5.74, 6) is -0.0909. The van der Waals surface area contributed by atoms with Crippen LogP contribution in [0, 0.1) is 12.3 Å². The summed E-state index contributed by atoms with van der Waals surface area (Å²) in [6, 6.07) is 7.14. The maximum atomic E-state index is 12.7. The first-order valence-electron chi connectivity index (χ1n) is 6.73. The molecule has 1 aromatic carbocycles. The molecule has 1 aliphatic rings. The van der Waals surface area contributed by atoms with Gasteiger partial charge in [0.2, 0.25) is 5.91 Å². The number of urea groups is 1. The minimum Gasteiger partial charge on any atom is -0.336 e. The van der Waals surface area contributed by atoms with E-state index in [0.717, 1.165) is 18.4 Å². The lowest BCUT2D eigenvalue weighted by atomic mass is 9.79. The van der Waals surface area contributed by atoms with Gasteiger partial charge in [0, 0.05) is 6.54 Å². The van der Waals surface area contributed by atoms with E-state index in [1.165, 1.54) is 4.90 Å². The van der Waals surface area contributed by atoms with Crippen molar-refractivity contribution in [1.82, 2.24) is 5.32 Å². The molecule has 19 heavy (non-hydrogen) atoms. The van der Waals surface area contributed by atoms with Gasteiger partial charge in [0.15, 0.2) is 0 Å². The van der Waals surface area contributed by atoms with E-state index in [1.807, 2.05) is 39.0 Å². The van der Waals surface area contributed by atoms with Crippen LogP contribution in [0.15, 0.2) is 24.3 Å². The maximum absolute atomic E-state index is 12.7. The number of carbonyl (C=O) groups is 2.